The van der Waals surface area contributed by atoms with Crippen molar-refractivity contribution in [3.8, 4) is 0 Å². The predicted octanol–water partition coefficient (Wildman–Crippen LogP) is 2.25. The van der Waals surface area contributed by atoms with Crippen LogP contribution in [-0.4, -0.2) is 43.0 Å². The lowest BCUT2D eigenvalue weighted by atomic mass is 10.1. The number of hydrazine groups is 1. The van der Waals surface area contributed by atoms with Crippen LogP contribution in [0.3, 0.4) is 0 Å². The molecule has 2 fully saturated rings. The van der Waals surface area contributed by atoms with Crippen molar-refractivity contribution >= 4 is 23.2 Å². The standard InChI is InChI=1S/C17H25ClN4O/c1-22(11-13-10-16(21-20-13)12-6-7-12)9-8-17(23)19-15-5-3-2-4-14(15)18/h2-5,12-13,16,20-21H,6-11H2,1H3,(H,19,23). The van der Waals surface area contributed by atoms with E-state index < -0.39 is 0 Å². The summed E-state index contributed by atoms with van der Waals surface area (Å²) in [7, 11) is 2.06. The maximum atomic E-state index is 12.0. The fraction of sp³-hybridized carbons (Fsp3) is 0.588. The molecular formula is C17H25ClN4O. The van der Waals surface area contributed by atoms with E-state index in [1.807, 2.05) is 18.2 Å². The second-order valence-electron chi connectivity index (χ2n) is 6.71. The smallest absolute Gasteiger partial charge is 0.225 e. The zero-order chi connectivity index (χ0) is 16.2. The summed E-state index contributed by atoms with van der Waals surface area (Å²) < 4.78 is 0. The Kier molecular flexibility index (Phi) is 5.54. The second-order valence-corrected chi connectivity index (χ2v) is 7.11. The maximum Gasteiger partial charge on any atom is 0.225 e. The van der Waals surface area contributed by atoms with Gasteiger partial charge in [-0.3, -0.25) is 15.6 Å². The van der Waals surface area contributed by atoms with Gasteiger partial charge >= 0.3 is 0 Å². The number of hydrogen-bond acceptors (Lipinski definition) is 4. The molecule has 1 aliphatic heterocycles. The summed E-state index contributed by atoms with van der Waals surface area (Å²) >= 11 is 6.05. The minimum atomic E-state index is -0.00156. The molecule has 6 heteroatoms. The average molecular weight is 337 g/mol. The Morgan fingerprint density at radius 2 is 2.13 bits per heavy atom. The van der Waals surface area contributed by atoms with Crippen molar-refractivity contribution in [2.75, 3.05) is 25.5 Å². The van der Waals surface area contributed by atoms with Crippen molar-refractivity contribution in [2.24, 2.45) is 5.92 Å². The molecule has 0 radical (unpaired) electrons. The zero-order valence-corrected chi connectivity index (χ0v) is 14.3. The Balaban J connectivity index is 1.36. The number of nitrogens with one attached hydrogen (secondary N) is 3. The first-order valence-electron chi connectivity index (χ1n) is 8.36. The molecule has 1 saturated carbocycles. The van der Waals surface area contributed by atoms with Crippen LogP contribution < -0.4 is 16.2 Å². The molecule has 0 bridgehead atoms. The number of hydrogen-bond donors (Lipinski definition) is 3. The molecule has 1 aliphatic carbocycles. The van der Waals surface area contributed by atoms with Crippen LogP contribution in [0.25, 0.3) is 0 Å². The van der Waals surface area contributed by atoms with E-state index in [-0.39, 0.29) is 5.91 Å². The normalized spacial score (nSPS) is 24.1. The highest BCUT2D eigenvalue weighted by atomic mass is 35.5. The molecule has 5 nitrogen and oxygen atoms in total. The summed E-state index contributed by atoms with van der Waals surface area (Å²) in [6.07, 6.45) is 4.38. The van der Waals surface area contributed by atoms with E-state index in [2.05, 4.69) is 28.1 Å². The van der Waals surface area contributed by atoms with Crippen molar-refractivity contribution in [1.82, 2.24) is 15.8 Å². The molecule has 3 rings (SSSR count). The van der Waals surface area contributed by atoms with Crippen molar-refractivity contribution < 1.29 is 4.79 Å². The van der Waals surface area contributed by atoms with Gasteiger partial charge in [-0.2, -0.15) is 0 Å². The number of anilines is 1. The molecule has 1 heterocycles. The molecule has 23 heavy (non-hydrogen) atoms. The van der Waals surface area contributed by atoms with Crippen molar-refractivity contribution in [3.63, 3.8) is 0 Å². The number of para-hydroxylation sites is 1. The Labute approximate surface area is 142 Å². The fourth-order valence-electron chi connectivity index (χ4n) is 3.11. The van der Waals surface area contributed by atoms with E-state index in [9.17, 15) is 4.79 Å². The van der Waals surface area contributed by atoms with Crippen molar-refractivity contribution in [2.45, 2.75) is 37.8 Å². The van der Waals surface area contributed by atoms with E-state index in [4.69, 9.17) is 11.6 Å². The average Bonchev–Trinajstić information content (AvgIpc) is 3.28. The highest BCUT2D eigenvalue weighted by Crippen LogP contribution is 2.35. The van der Waals surface area contributed by atoms with E-state index in [0.717, 1.165) is 19.0 Å². The largest absolute Gasteiger partial charge is 0.325 e. The molecule has 2 atom stereocenters. The van der Waals surface area contributed by atoms with E-state index in [0.29, 0.717) is 29.2 Å². The van der Waals surface area contributed by atoms with Gasteiger partial charge in [0.15, 0.2) is 0 Å². The van der Waals surface area contributed by atoms with Crippen molar-refractivity contribution in [1.29, 1.82) is 0 Å². The van der Waals surface area contributed by atoms with Gasteiger partial charge in [0.1, 0.15) is 0 Å². The first-order valence-corrected chi connectivity index (χ1v) is 8.73. The highest BCUT2D eigenvalue weighted by Gasteiger charge is 2.36. The number of halogens is 1. The van der Waals surface area contributed by atoms with Gasteiger partial charge in [0.25, 0.3) is 0 Å². The summed E-state index contributed by atoms with van der Waals surface area (Å²) in [4.78, 5) is 14.2. The van der Waals surface area contributed by atoms with Crippen LogP contribution in [0, 0.1) is 5.92 Å². The molecular weight excluding hydrogens is 312 g/mol. The number of nitrogens with zero attached hydrogens (tertiary/aromatic N) is 1. The molecule has 2 aliphatic rings. The van der Waals surface area contributed by atoms with Crippen LogP contribution in [0.5, 0.6) is 0 Å². The van der Waals surface area contributed by atoms with Gasteiger partial charge in [-0.25, -0.2) is 0 Å². The molecule has 0 aromatic heterocycles. The third-order valence-corrected chi connectivity index (χ3v) is 4.93. The molecule has 126 valence electrons. The fourth-order valence-corrected chi connectivity index (χ4v) is 3.30. The lowest BCUT2D eigenvalue weighted by Crippen LogP contribution is -2.40. The third-order valence-electron chi connectivity index (χ3n) is 4.60. The summed E-state index contributed by atoms with van der Waals surface area (Å²) in [6.45, 7) is 1.69. The molecule has 3 N–H and O–H groups in total. The van der Waals surface area contributed by atoms with E-state index in [1.54, 1.807) is 6.07 Å². The number of carbonyl (C=O) groups is 1. The summed E-state index contributed by atoms with van der Waals surface area (Å²) in [5.41, 5.74) is 7.47. The number of carbonyl (C=O) groups excluding carboxylic acids is 1. The molecule has 1 aromatic rings. The van der Waals surface area contributed by atoms with Crippen LogP contribution in [-0.2, 0) is 4.79 Å². The number of amides is 1. The zero-order valence-electron chi connectivity index (χ0n) is 13.5. The summed E-state index contributed by atoms with van der Waals surface area (Å²) in [5, 5.41) is 3.43. The van der Waals surface area contributed by atoms with E-state index in [1.165, 1.54) is 19.3 Å². The Morgan fingerprint density at radius 1 is 1.35 bits per heavy atom. The molecule has 1 aromatic carbocycles. The Hall–Kier alpha value is -1.14. The van der Waals surface area contributed by atoms with Crippen LogP contribution in [0.4, 0.5) is 5.69 Å². The van der Waals surface area contributed by atoms with Gasteiger partial charge in [-0.1, -0.05) is 23.7 Å². The quantitative estimate of drug-likeness (QED) is 0.715. The van der Waals surface area contributed by atoms with Gasteiger partial charge in [0, 0.05) is 31.6 Å². The lowest BCUT2D eigenvalue weighted by molar-refractivity contribution is -0.116. The SMILES string of the molecule is CN(CCC(=O)Nc1ccccc1Cl)CC1CC(C2CC2)NN1. The van der Waals surface area contributed by atoms with Gasteiger partial charge in [-0.15, -0.1) is 0 Å². The van der Waals surface area contributed by atoms with Crippen LogP contribution in [0.1, 0.15) is 25.7 Å². The molecule has 1 amide bonds. The monoisotopic (exact) mass is 336 g/mol. The molecule has 2 unspecified atom stereocenters. The topological polar surface area (TPSA) is 56.4 Å². The second kappa shape index (κ2) is 7.62. The minimum Gasteiger partial charge on any atom is -0.325 e. The van der Waals surface area contributed by atoms with Gasteiger partial charge in [0.2, 0.25) is 5.91 Å². The van der Waals surface area contributed by atoms with E-state index >= 15 is 0 Å². The van der Waals surface area contributed by atoms with Crippen LogP contribution in [0.15, 0.2) is 24.3 Å². The van der Waals surface area contributed by atoms with Crippen LogP contribution in [0.2, 0.25) is 5.02 Å². The number of rotatable bonds is 7. The molecule has 1 saturated heterocycles. The summed E-state index contributed by atoms with van der Waals surface area (Å²) in [6, 6.07) is 8.41. The minimum absolute atomic E-state index is 0.00156. The number of likely N-dealkylation sites (N-methyl/N-ethyl adjacent to an activating group) is 1. The predicted molar refractivity (Wildman–Crippen MR) is 93.4 cm³/mol. The first-order chi connectivity index (χ1) is 11.1. The van der Waals surface area contributed by atoms with Gasteiger partial charge in [0.05, 0.1) is 10.7 Å². The van der Waals surface area contributed by atoms with Gasteiger partial charge in [-0.05, 0) is 44.4 Å². The van der Waals surface area contributed by atoms with Crippen molar-refractivity contribution in [3.05, 3.63) is 29.3 Å². The van der Waals surface area contributed by atoms with Crippen LogP contribution >= 0.6 is 11.6 Å². The first kappa shape index (κ1) is 16.7. The number of benzene rings is 1. The Bertz CT molecular complexity index is 549. The molecule has 0 spiro atoms. The van der Waals surface area contributed by atoms with Gasteiger partial charge < -0.3 is 10.2 Å². The maximum absolute atomic E-state index is 12.0. The summed E-state index contributed by atoms with van der Waals surface area (Å²) in [5.74, 6) is 0.873. The Morgan fingerprint density at radius 3 is 2.87 bits per heavy atom. The third kappa shape index (κ3) is 4.91. The highest BCUT2D eigenvalue weighted by molar-refractivity contribution is 6.33. The lowest BCUT2D eigenvalue weighted by Gasteiger charge is -2.20.